The van der Waals surface area contributed by atoms with Crippen LogP contribution in [-0.2, 0) is 16.8 Å². The number of nitrogens with one attached hydrogen (secondary N) is 2. The maximum absolute atomic E-state index is 14.6. The zero-order valence-corrected chi connectivity index (χ0v) is 20.1. The third-order valence-electron chi connectivity index (χ3n) is 6.44. The van der Waals surface area contributed by atoms with Gasteiger partial charge in [-0.25, -0.2) is 13.8 Å². The molecular formula is C26H29F2N5O2. The lowest BCUT2D eigenvalue weighted by molar-refractivity contribution is -0.139. The number of aldehydes is 1. The van der Waals surface area contributed by atoms with E-state index in [1.807, 2.05) is 30.9 Å². The van der Waals surface area contributed by atoms with Gasteiger partial charge in [-0.05, 0) is 57.1 Å². The van der Waals surface area contributed by atoms with Gasteiger partial charge in [0.1, 0.15) is 23.2 Å². The molecule has 35 heavy (non-hydrogen) atoms. The second-order valence-electron chi connectivity index (χ2n) is 9.11. The second kappa shape index (κ2) is 9.95. The Bertz CT molecular complexity index is 1210. The Morgan fingerprint density at radius 3 is 2.31 bits per heavy atom. The van der Waals surface area contributed by atoms with Crippen LogP contribution in [0.15, 0.2) is 42.5 Å². The van der Waals surface area contributed by atoms with E-state index in [0.29, 0.717) is 18.5 Å². The average Bonchev–Trinajstić information content (AvgIpc) is 3.13. The molecular weight excluding hydrogens is 452 g/mol. The van der Waals surface area contributed by atoms with Gasteiger partial charge in [0.05, 0.1) is 11.0 Å². The summed E-state index contributed by atoms with van der Waals surface area (Å²) in [4.78, 5) is 31.1. The van der Waals surface area contributed by atoms with E-state index in [0.717, 1.165) is 37.2 Å². The van der Waals surface area contributed by atoms with Gasteiger partial charge < -0.3 is 20.1 Å². The summed E-state index contributed by atoms with van der Waals surface area (Å²) in [5.74, 6) is -1.21. The number of carbonyl (C=O) groups excluding carboxylic acids is 2. The largest absolute Gasteiger partial charge is 0.342 e. The number of benzene rings is 2. The highest BCUT2D eigenvalue weighted by atomic mass is 19.1. The minimum atomic E-state index is -0.761. The molecule has 0 unspecified atom stereocenters. The predicted molar refractivity (Wildman–Crippen MR) is 131 cm³/mol. The molecule has 0 radical (unpaired) electrons. The highest BCUT2D eigenvalue weighted by Crippen LogP contribution is 2.32. The van der Waals surface area contributed by atoms with E-state index in [-0.39, 0.29) is 35.4 Å². The first-order valence-corrected chi connectivity index (χ1v) is 11.6. The smallest absolute Gasteiger partial charge is 0.232 e. The molecule has 4 rings (SSSR count). The number of hydrogen-bond acceptors (Lipinski definition) is 5. The number of imidazole rings is 1. The SMILES string of the molecule is CNCCn1c(-c2c(F)cccc2F)nc(Nc2ccc(C(C)(C)C(=O)N3CCC3)cc2)c1C=O. The van der Waals surface area contributed by atoms with Crippen LogP contribution in [0.25, 0.3) is 11.4 Å². The van der Waals surface area contributed by atoms with E-state index in [1.165, 1.54) is 10.6 Å². The van der Waals surface area contributed by atoms with E-state index in [4.69, 9.17) is 0 Å². The number of hydrogen-bond donors (Lipinski definition) is 2. The van der Waals surface area contributed by atoms with Gasteiger partial charge >= 0.3 is 0 Å². The van der Waals surface area contributed by atoms with Gasteiger partial charge in [-0.3, -0.25) is 9.59 Å². The number of likely N-dealkylation sites (tertiary alicyclic amines) is 1. The summed E-state index contributed by atoms with van der Waals surface area (Å²) < 4.78 is 30.6. The quantitative estimate of drug-likeness (QED) is 0.450. The van der Waals surface area contributed by atoms with Crippen molar-refractivity contribution in [1.82, 2.24) is 19.8 Å². The molecule has 1 aliphatic rings. The van der Waals surface area contributed by atoms with Crippen LogP contribution in [0.4, 0.5) is 20.3 Å². The molecule has 7 nitrogen and oxygen atoms in total. The Labute approximate surface area is 203 Å². The molecule has 0 saturated carbocycles. The van der Waals surface area contributed by atoms with E-state index >= 15 is 0 Å². The van der Waals surface area contributed by atoms with Crippen molar-refractivity contribution < 1.29 is 18.4 Å². The zero-order valence-electron chi connectivity index (χ0n) is 20.1. The summed E-state index contributed by atoms with van der Waals surface area (Å²) in [6.45, 7) is 6.14. The highest BCUT2D eigenvalue weighted by Gasteiger charge is 2.35. The fourth-order valence-electron chi connectivity index (χ4n) is 4.17. The molecule has 0 atom stereocenters. The fraction of sp³-hybridized carbons (Fsp3) is 0.346. The number of rotatable bonds is 9. The Morgan fingerprint density at radius 1 is 1.11 bits per heavy atom. The number of amides is 1. The molecule has 1 fully saturated rings. The van der Waals surface area contributed by atoms with Gasteiger partial charge in [-0.2, -0.15) is 0 Å². The first-order chi connectivity index (χ1) is 16.8. The molecule has 2 heterocycles. The number of carbonyl (C=O) groups is 2. The summed E-state index contributed by atoms with van der Waals surface area (Å²) >= 11 is 0. The summed E-state index contributed by atoms with van der Waals surface area (Å²) in [7, 11) is 1.75. The molecule has 2 N–H and O–H groups in total. The van der Waals surface area contributed by atoms with Gasteiger partial charge in [-0.1, -0.05) is 18.2 Å². The minimum Gasteiger partial charge on any atom is -0.342 e. The van der Waals surface area contributed by atoms with Crippen LogP contribution in [-0.4, -0.2) is 53.3 Å². The first kappa shape index (κ1) is 24.5. The normalized spacial score (nSPS) is 13.5. The molecule has 3 aromatic rings. The van der Waals surface area contributed by atoms with Crippen molar-refractivity contribution in [2.75, 3.05) is 32.0 Å². The third-order valence-corrected chi connectivity index (χ3v) is 6.44. The summed E-state index contributed by atoms with van der Waals surface area (Å²) in [5, 5.41) is 6.08. The van der Waals surface area contributed by atoms with E-state index in [9.17, 15) is 18.4 Å². The zero-order chi connectivity index (χ0) is 25.2. The monoisotopic (exact) mass is 481 g/mol. The Hall–Kier alpha value is -3.59. The lowest BCUT2D eigenvalue weighted by Crippen LogP contribution is -2.50. The highest BCUT2D eigenvalue weighted by molar-refractivity contribution is 5.88. The van der Waals surface area contributed by atoms with Crippen molar-refractivity contribution >= 4 is 23.7 Å². The van der Waals surface area contributed by atoms with Crippen LogP contribution in [0.1, 0.15) is 36.3 Å². The molecule has 1 aromatic heterocycles. The van der Waals surface area contributed by atoms with Crippen LogP contribution in [0.5, 0.6) is 0 Å². The molecule has 9 heteroatoms. The Balaban J connectivity index is 1.67. The second-order valence-corrected chi connectivity index (χ2v) is 9.11. The molecule has 0 bridgehead atoms. The molecule has 184 valence electrons. The minimum absolute atomic E-state index is 0.0262. The standard InChI is InChI=1S/C26H29F2N5O2/c1-26(2,25(35)32-13-5-14-32)17-8-10-18(11-9-17)30-23-21(16-34)33(15-12-29-3)24(31-23)22-19(27)6-4-7-20(22)28/h4,6-11,16,29-30H,5,12-15H2,1-3H3. The van der Waals surface area contributed by atoms with Crippen molar-refractivity contribution in [3.63, 3.8) is 0 Å². The summed E-state index contributed by atoms with van der Waals surface area (Å²) in [6.07, 6.45) is 1.65. The lowest BCUT2D eigenvalue weighted by atomic mass is 9.82. The average molecular weight is 482 g/mol. The van der Waals surface area contributed by atoms with E-state index in [1.54, 1.807) is 19.2 Å². The summed E-state index contributed by atoms with van der Waals surface area (Å²) in [6, 6.07) is 10.9. The van der Waals surface area contributed by atoms with E-state index < -0.39 is 17.0 Å². The van der Waals surface area contributed by atoms with Crippen LogP contribution in [0, 0.1) is 11.6 Å². The molecule has 1 saturated heterocycles. The maximum Gasteiger partial charge on any atom is 0.232 e. The lowest BCUT2D eigenvalue weighted by Gasteiger charge is -2.37. The number of halogens is 2. The molecule has 1 aliphatic heterocycles. The summed E-state index contributed by atoms with van der Waals surface area (Å²) in [5.41, 5.74) is 0.709. The molecule has 1 amide bonds. The van der Waals surface area contributed by atoms with Gasteiger partial charge in [0, 0.05) is 31.9 Å². The van der Waals surface area contributed by atoms with Crippen molar-refractivity contribution in [2.45, 2.75) is 32.2 Å². The predicted octanol–water partition coefficient (Wildman–Crippen LogP) is 4.11. The van der Waals surface area contributed by atoms with Crippen LogP contribution in [0.3, 0.4) is 0 Å². The van der Waals surface area contributed by atoms with Crippen LogP contribution in [0.2, 0.25) is 0 Å². The number of nitrogens with zero attached hydrogens (tertiary/aromatic N) is 3. The van der Waals surface area contributed by atoms with Gasteiger partial charge in [0.25, 0.3) is 0 Å². The topological polar surface area (TPSA) is 79.3 Å². The van der Waals surface area contributed by atoms with Gasteiger partial charge in [0.15, 0.2) is 12.1 Å². The van der Waals surface area contributed by atoms with Gasteiger partial charge in [0.2, 0.25) is 5.91 Å². The third kappa shape index (κ3) is 4.68. The number of anilines is 2. The van der Waals surface area contributed by atoms with Crippen molar-refractivity contribution in [2.24, 2.45) is 0 Å². The van der Waals surface area contributed by atoms with Gasteiger partial charge in [-0.15, -0.1) is 0 Å². The fourth-order valence-corrected chi connectivity index (χ4v) is 4.17. The van der Waals surface area contributed by atoms with E-state index in [2.05, 4.69) is 15.6 Å². The van der Waals surface area contributed by atoms with Crippen molar-refractivity contribution in [1.29, 1.82) is 0 Å². The number of likely N-dealkylation sites (N-methyl/N-ethyl adjacent to an activating group) is 1. The van der Waals surface area contributed by atoms with Crippen LogP contribution < -0.4 is 10.6 Å². The number of aromatic nitrogens is 2. The van der Waals surface area contributed by atoms with Crippen molar-refractivity contribution in [3.8, 4) is 11.4 Å². The van der Waals surface area contributed by atoms with Crippen molar-refractivity contribution in [3.05, 3.63) is 65.4 Å². The Morgan fingerprint density at radius 2 is 1.77 bits per heavy atom. The molecule has 0 spiro atoms. The first-order valence-electron chi connectivity index (χ1n) is 11.6. The Kier molecular flexibility index (Phi) is 6.98. The maximum atomic E-state index is 14.6. The molecule has 2 aromatic carbocycles. The van der Waals surface area contributed by atoms with Crippen LogP contribution >= 0.6 is 0 Å². The molecule has 0 aliphatic carbocycles.